The number of aromatic amines is 1. The van der Waals surface area contributed by atoms with Crippen molar-refractivity contribution in [3.05, 3.63) is 63.9 Å². The summed E-state index contributed by atoms with van der Waals surface area (Å²) in [5.41, 5.74) is 1.36. The van der Waals surface area contributed by atoms with Crippen LogP contribution in [0.3, 0.4) is 0 Å². The number of thiazole rings is 1. The van der Waals surface area contributed by atoms with Crippen molar-refractivity contribution in [2.75, 3.05) is 18.5 Å². The van der Waals surface area contributed by atoms with E-state index in [2.05, 4.69) is 20.5 Å². The van der Waals surface area contributed by atoms with Crippen LogP contribution < -0.4 is 20.3 Å². The van der Waals surface area contributed by atoms with Crippen molar-refractivity contribution in [3.63, 3.8) is 0 Å². The Morgan fingerprint density at radius 1 is 1.07 bits per heavy atom. The lowest BCUT2D eigenvalue weighted by atomic mass is 10.1. The number of benzene rings is 2. The lowest BCUT2D eigenvalue weighted by Gasteiger charge is -2.18. The van der Waals surface area contributed by atoms with Gasteiger partial charge in [-0.3, -0.25) is 14.9 Å². The number of carbonyl (C=O) groups is 1. The molecule has 0 saturated carbocycles. The topological polar surface area (TPSA) is 106 Å². The zero-order chi connectivity index (χ0) is 19.8. The molecule has 29 heavy (non-hydrogen) atoms. The van der Waals surface area contributed by atoms with Crippen LogP contribution in [0.5, 0.6) is 11.5 Å². The number of nitrogens with zero attached hydrogens (tertiary/aromatic N) is 2. The van der Waals surface area contributed by atoms with Crippen LogP contribution >= 0.6 is 11.3 Å². The van der Waals surface area contributed by atoms with E-state index in [1.807, 2.05) is 23.6 Å². The first-order chi connectivity index (χ1) is 14.2. The molecule has 2 aromatic heterocycles. The van der Waals surface area contributed by atoms with Crippen LogP contribution in [-0.2, 0) is 0 Å². The molecule has 1 aliphatic heterocycles. The van der Waals surface area contributed by atoms with Gasteiger partial charge in [0, 0.05) is 16.3 Å². The molecule has 0 atom stereocenters. The first-order valence-electron chi connectivity index (χ1n) is 8.83. The molecule has 0 saturated heterocycles. The molecule has 2 aromatic carbocycles. The number of hydrogen-bond donors (Lipinski definition) is 2. The van der Waals surface area contributed by atoms with Gasteiger partial charge in [-0.1, -0.05) is 18.2 Å². The summed E-state index contributed by atoms with van der Waals surface area (Å²) in [6, 6.07) is 12.4. The molecule has 9 heteroatoms. The molecule has 0 unspecified atom stereocenters. The Hall–Kier alpha value is -3.72. The van der Waals surface area contributed by atoms with Gasteiger partial charge in [0.25, 0.3) is 11.5 Å². The van der Waals surface area contributed by atoms with Crippen molar-refractivity contribution in [1.82, 2.24) is 15.2 Å². The van der Waals surface area contributed by atoms with Gasteiger partial charge in [-0.25, -0.2) is 10.1 Å². The number of anilines is 1. The molecule has 0 fully saturated rings. The largest absolute Gasteiger partial charge is 0.486 e. The third kappa shape index (κ3) is 3.21. The van der Waals surface area contributed by atoms with E-state index in [0.29, 0.717) is 46.3 Å². The van der Waals surface area contributed by atoms with E-state index in [1.165, 1.54) is 11.3 Å². The number of ether oxygens (including phenoxy) is 2. The first kappa shape index (κ1) is 17.4. The minimum Gasteiger partial charge on any atom is -0.486 e. The zero-order valence-corrected chi connectivity index (χ0v) is 15.8. The maximum Gasteiger partial charge on any atom is 0.278 e. The summed E-state index contributed by atoms with van der Waals surface area (Å²) >= 11 is 1.30. The second kappa shape index (κ2) is 7.02. The highest BCUT2D eigenvalue weighted by Crippen LogP contribution is 2.35. The van der Waals surface area contributed by atoms with Crippen LogP contribution in [0.1, 0.15) is 10.5 Å². The highest BCUT2D eigenvalue weighted by molar-refractivity contribution is 7.14. The molecular formula is C20H14N4O4S. The number of amides is 1. The highest BCUT2D eigenvalue weighted by atomic mass is 32.1. The van der Waals surface area contributed by atoms with Gasteiger partial charge in [0.1, 0.15) is 13.2 Å². The predicted molar refractivity (Wildman–Crippen MR) is 109 cm³/mol. The standard InChI is InChI=1S/C20H14N4O4S/c25-18-13-4-2-1-3-12(13)17(23-24-18)19(26)22-20-21-14(10-29-20)11-5-6-15-16(9-11)28-8-7-27-15/h1-6,9-10H,7-8H2,(H,24,25)(H,21,22,26). The summed E-state index contributed by atoms with van der Waals surface area (Å²) in [4.78, 5) is 29.1. The molecule has 0 spiro atoms. The quantitative estimate of drug-likeness (QED) is 0.542. The third-order valence-corrected chi connectivity index (χ3v) is 5.23. The van der Waals surface area contributed by atoms with Gasteiger partial charge < -0.3 is 9.47 Å². The summed E-state index contributed by atoms with van der Waals surface area (Å²) in [5.74, 6) is 0.941. The summed E-state index contributed by atoms with van der Waals surface area (Å²) in [6.07, 6.45) is 0. The molecule has 0 aliphatic carbocycles. The van der Waals surface area contributed by atoms with E-state index >= 15 is 0 Å². The number of H-pyrrole nitrogens is 1. The van der Waals surface area contributed by atoms with E-state index in [4.69, 9.17) is 9.47 Å². The van der Waals surface area contributed by atoms with E-state index < -0.39 is 5.91 Å². The predicted octanol–water partition coefficient (Wildman–Crippen LogP) is 3.07. The fourth-order valence-electron chi connectivity index (χ4n) is 3.11. The fourth-order valence-corrected chi connectivity index (χ4v) is 3.83. The Bertz CT molecular complexity index is 1300. The normalized spacial score (nSPS) is 12.7. The van der Waals surface area contributed by atoms with Gasteiger partial charge in [-0.15, -0.1) is 11.3 Å². The molecule has 0 radical (unpaired) electrons. The lowest BCUT2D eigenvalue weighted by Crippen LogP contribution is -2.19. The summed E-state index contributed by atoms with van der Waals surface area (Å²) in [6.45, 7) is 1.04. The maximum atomic E-state index is 12.7. The van der Waals surface area contributed by atoms with Crippen molar-refractivity contribution in [2.45, 2.75) is 0 Å². The number of fused-ring (bicyclic) bond motifs is 2. The van der Waals surface area contributed by atoms with Crippen molar-refractivity contribution in [1.29, 1.82) is 0 Å². The molecule has 5 rings (SSSR count). The minimum absolute atomic E-state index is 0.135. The average molecular weight is 406 g/mol. The number of rotatable bonds is 3. The number of nitrogens with one attached hydrogen (secondary N) is 2. The van der Waals surface area contributed by atoms with Crippen molar-refractivity contribution in [3.8, 4) is 22.8 Å². The molecule has 1 amide bonds. The number of aromatic nitrogens is 3. The van der Waals surface area contributed by atoms with Crippen LogP contribution in [0.15, 0.2) is 52.6 Å². The van der Waals surface area contributed by atoms with Gasteiger partial charge in [-0.2, -0.15) is 5.10 Å². The van der Waals surface area contributed by atoms with E-state index in [9.17, 15) is 9.59 Å². The van der Waals surface area contributed by atoms with Crippen LogP contribution in [0.2, 0.25) is 0 Å². The lowest BCUT2D eigenvalue weighted by molar-refractivity contribution is 0.102. The minimum atomic E-state index is -0.444. The van der Waals surface area contributed by atoms with Crippen LogP contribution in [-0.4, -0.2) is 34.3 Å². The van der Waals surface area contributed by atoms with Crippen molar-refractivity contribution >= 4 is 33.1 Å². The molecule has 144 valence electrons. The molecular weight excluding hydrogens is 392 g/mol. The van der Waals surface area contributed by atoms with Gasteiger partial charge in [-0.05, 0) is 24.3 Å². The summed E-state index contributed by atoms with van der Waals surface area (Å²) in [5, 5.41) is 12.2. The summed E-state index contributed by atoms with van der Waals surface area (Å²) in [7, 11) is 0. The molecule has 8 nitrogen and oxygen atoms in total. The SMILES string of the molecule is O=C(Nc1nc(-c2ccc3c(c2)OCCO3)cs1)c1n[nH]c(=O)c2ccccc12. The molecule has 2 N–H and O–H groups in total. The molecule has 1 aliphatic rings. The Morgan fingerprint density at radius 2 is 1.86 bits per heavy atom. The maximum absolute atomic E-state index is 12.7. The van der Waals surface area contributed by atoms with Crippen LogP contribution in [0, 0.1) is 0 Å². The fraction of sp³-hybridized carbons (Fsp3) is 0.100. The third-order valence-electron chi connectivity index (χ3n) is 4.47. The Balaban J connectivity index is 1.42. The van der Waals surface area contributed by atoms with E-state index in [1.54, 1.807) is 24.3 Å². The Kier molecular flexibility index (Phi) is 4.21. The van der Waals surface area contributed by atoms with Gasteiger partial charge in [0.15, 0.2) is 22.3 Å². The Labute approximate surface area is 168 Å². The smallest absolute Gasteiger partial charge is 0.278 e. The van der Waals surface area contributed by atoms with E-state index in [-0.39, 0.29) is 11.3 Å². The van der Waals surface area contributed by atoms with Gasteiger partial charge in [0.05, 0.1) is 11.1 Å². The highest BCUT2D eigenvalue weighted by Gasteiger charge is 2.17. The van der Waals surface area contributed by atoms with Crippen molar-refractivity contribution in [2.24, 2.45) is 0 Å². The zero-order valence-electron chi connectivity index (χ0n) is 15.0. The van der Waals surface area contributed by atoms with Crippen molar-refractivity contribution < 1.29 is 14.3 Å². The first-order valence-corrected chi connectivity index (χ1v) is 9.71. The Morgan fingerprint density at radius 3 is 2.72 bits per heavy atom. The summed E-state index contributed by atoms with van der Waals surface area (Å²) < 4.78 is 11.1. The van der Waals surface area contributed by atoms with Gasteiger partial charge in [0.2, 0.25) is 0 Å². The molecule has 4 aromatic rings. The molecule has 3 heterocycles. The monoisotopic (exact) mass is 406 g/mol. The second-order valence-corrected chi connectivity index (χ2v) is 7.16. The average Bonchev–Trinajstić information content (AvgIpc) is 3.22. The molecule has 0 bridgehead atoms. The van der Waals surface area contributed by atoms with Crippen LogP contribution in [0.25, 0.3) is 22.0 Å². The second-order valence-electron chi connectivity index (χ2n) is 6.30. The number of carbonyl (C=O) groups excluding carboxylic acids is 1. The van der Waals surface area contributed by atoms with Crippen LogP contribution in [0.4, 0.5) is 5.13 Å². The van der Waals surface area contributed by atoms with Gasteiger partial charge >= 0.3 is 0 Å². The van der Waals surface area contributed by atoms with E-state index in [0.717, 1.165) is 5.56 Å². The number of hydrogen-bond acceptors (Lipinski definition) is 7.